The number of hydrogen-bond donors (Lipinski definition) is 1. The Hall–Kier alpha value is -1.77. The third-order valence-electron chi connectivity index (χ3n) is 3.16. The summed E-state index contributed by atoms with van der Waals surface area (Å²) in [6, 6.07) is 10.1. The van der Waals surface area contributed by atoms with Crippen LogP contribution in [-0.2, 0) is 13.0 Å². The Morgan fingerprint density at radius 2 is 1.89 bits per heavy atom. The van der Waals surface area contributed by atoms with Gasteiger partial charge in [0.15, 0.2) is 0 Å². The van der Waals surface area contributed by atoms with Gasteiger partial charge in [0.25, 0.3) is 5.56 Å². The van der Waals surface area contributed by atoms with Crippen LogP contribution in [0.1, 0.15) is 32.8 Å². The van der Waals surface area contributed by atoms with E-state index in [1.807, 2.05) is 30.3 Å². The third-order valence-corrected chi connectivity index (χ3v) is 3.16. The average molecular weight is 258 g/mol. The van der Waals surface area contributed by atoms with E-state index in [1.165, 1.54) is 0 Å². The molecule has 0 bridgehead atoms. The Morgan fingerprint density at radius 3 is 2.47 bits per heavy atom. The number of benzene rings is 1. The van der Waals surface area contributed by atoms with E-state index < -0.39 is 0 Å². The van der Waals surface area contributed by atoms with Crippen molar-refractivity contribution in [3.63, 3.8) is 0 Å². The summed E-state index contributed by atoms with van der Waals surface area (Å²) >= 11 is 0. The molecular formula is C16H22N2O. The zero-order valence-corrected chi connectivity index (χ0v) is 11.9. The maximum Gasteiger partial charge on any atom is 0.270 e. The Bertz CT molecular complexity index is 579. The van der Waals surface area contributed by atoms with Crippen LogP contribution in [0.2, 0.25) is 0 Å². The highest BCUT2D eigenvalue weighted by molar-refractivity contribution is 5.62. The highest BCUT2D eigenvalue weighted by Crippen LogP contribution is 2.20. The summed E-state index contributed by atoms with van der Waals surface area (Å²) in [4.78, 5) is 12.4. The SMILES string of the molecule is CCCc1c(-c2ccccc2)[nH]n(CC(C)C)c1=O. The number of rotatable bonds is 5. The largest absolute Gasteiger partial charge is 0.295 e. The van der Waals surface area contributed by atoms with E-state index in [9.17, 15) is 4.79 Å². The summed E-state index contributed by atoms with van der Waals surface area (Å²) in [5.41, 5.74) is 3.11. The molecule has 0 aliphatic heterocycles. The summed E-state index contributed by atoms with van der Waals surface area (Å²) in [6.45, 7) is 7.08. The van der Waals surface area contributed by atoms with Gasteiger partial charge in [0.2, 0.25) is 0 Å². The van der Waals surface area contributed by atoms with Crippen LogP contribution in [-0.4, -0.2) is 9.78 Å². The van der Waals surface area contributed by atoms with Gasteiger partial charge in [-0.1, -0.05) is 57.5 Å². The summed E-state index contributed by atoms with van der Waals surface area (Å²) in [5, 5.41) is 3.29. The molecule has 0 saturated heterocycles. The van der Waals surface area contributed by atoms with Gasteiger partial charge in [0.05, 0.1) is 5.69 Å². The quantitative estimate of drug-likeness (QED) is 0.876. The average Bonchev–Trinajstić information content (AvgIpc) is 2.69. The van der Waals surface area contributed by atoms with Crippen LogP contribution < -0.4 is 5.56 Å². The minimum atomic E-state index is 0.134. The van der Waals surface area contributed by atoms with Crippen molar-refractivity contribution in [1.82, 2.24) is 9.78 Å². The number of nitrogens with one attached hydrogen (secondary N) is 1. The number of aromatic nitrogens is 2. The molecule has 0 unspecified atom stereocenters. The maximum absolute atomic E-state index is 12.4. The fourth-order valence-electron chi connectivity index (χ4n) is 2.34. The van der Waals surface area contributed by atoms with Crippen molar-refractivity contribution in [1.29, 1.82) is 0 Å². The van der Waals surface area contributed by atoms with Crippen molar-refractivity contribution in [2.45, 2.75) is 40.2 Å². The van der Waals surface area contributed by atoms with E-state index in [1.54, 1.807) is 4.68 Å². The minimum Gasteiger partial charge on any atom is -0.295 e. The van der Waals surface area contributed by atoms with Crippen LogP contribution in [0.25, 0.3) is 11.3 Å². The molecule has 0 radical (unpaired) electrons. The van der Waals surface area contributed by atoms with Crippen LogP contribution >= 0.6 is 0 Å². The lowest BCUT2D eigenvalue weighted by Gasteiger charge is -2.04. The molecule has 0 aliphatic rings. The highest BCUT2D eigenvalue weighted by Gasteiger charge is 2.15. The molecule has 2 rings (SSSR count). The topological polar surface area (TPSA) is 37.8 Å². The molecule has 0 spiro atoms. The standard InChI is InChI=1S/C16H22N2O/c1-4-8-14-15(13-9-6-5-7-10-13)17-18(16(14)19)11-12(2)3/h5-7,9-10,12,17H,4,8,11H2,1-3H3. The number of aromatic amines is 1. The molecule has 19 heavy (non-hydrogen) atoms. The first-order valence-electron chi connectivity index (χ1n) is 7.00. The van der Waals surface area contributed by atoms with Gasteiger partial charge < -0.3 is 0 Å². The zero-order chi connectivity index (χ0) is 13.8. The van der Waals surface area contributed by atoms with Crippen LogP contribution in [0.5, 0.6) is 0 Å². The molecule has 1 heterocycles. The number of H-pyrrole nitrogens is 1. The van der Waals surface area contributed by atoms with Gasteiger partial charge in [0, 0.05) is 12.1 Å². The lowest BCUT2D eigenvalue weighted by molar-refractivity contribution is 0.473. The summed E-state index contributed by atoms with van der Waals surface area (Å²) in [5.74, 6) is 0.453. The second-order valence-electron chi connectivity index (χ2n) is 5.39. The van der Waals surface area contributed by atoms with Gasteiger partial charge in [0.1, 0.15) is 0 Å². The monoisotopic (exact) mass is 258 g/mol. The molecular weight excluding hydrogens is 236 g/mol. The van der Waals surface area contributed by atoms with E-state index in [0.717, 1.165) is 36.2 Å². The molecule has 3 nitrogen and oxygen atoms in total. The Balaban J connectivity index is 2.50. The first-order chi connectivity index (χ1) is 9.13. The van der Waals surface area contributed by atoms with Crippen LogP contribution in [0.3, 0.4) is 0 Å². The molecule has 1 aromatic heterocycles. The first-order valence-corrected chi connectivity index (χ1v) is 7.00. The molecule has 1 N–H and O–H groups in total. The molecule has 0 fully saturated rings. The van der Waals surface area contributed by atoms with Crippen molar-refractivity contribution in [3.8, 4) is 11.3 Å². The molecule has 0 saturated carbocycles. The first kappa shape index (κ1) is 13.7. The second-order valence-corrected chi connectivity index (χ2v) is 5.39. The fraction of sp³-hybridized carbons (Fsp3) is 0.438. The summed E-state index contributed by atoms with van der Waals surface area (Å²) < 4.78 is 1.75. The molecule has 0 aliphatic carbocycles. The van der Waals surface area contributed by atoms with Crippen LogP contribution in [0.4, 0.5) is 0 Å². The van der Waals surface area contributed by atoms with Gasteiger partial charge >= 0.3 is 0 Å². The van der Waals surface area contributed by atoms with Crippen LogP contribution in [0, 0.1) is 5.92 Å². The lowest BCUT2D eigenvalue weighted by Crippen LogP contribution is -2.21. The van der Waals surface area contributed by atoms with E-state index in [0.29, 0.717) is 5.92 Å². The third kappa shape index (κ3) is 2.98. The molecule has 102 valence electrons. The van der Waals surface area contributed by atoms with Crippen molar-refractivity contribution in [2.75, 3.05) is 0 Å². The molecule has 3 heteroatoms. The maximum atomic E-state index is 12.4. The number of nitrogens with zero attached hydrogens (tertiary/aromatic N) is 1. The van der Waals surface area contributed by atoms with Crippen molar-refractivity contribution < 1.29 is 0 Å². The van der Waals surface area contributed by atoms with E-state index in [4.69, 9.17) is 0 Å². The zero-order valence-electron chi connectivity index (χ0n) is 11.9. The van der Waals surface area contributed by atoms with Gasteiger partial charge in [-0.2, -0.15) is 0 Å². The molecule has 1 aromatic carbocycles. The fourth-order valence-corrected chi connectivity index (χ4v) is 2.34. The molecule has 0 amide bonds. The van der Waals surface area contributed by atoms with Crippen molar-refractivity contribution in [2.24, 2.45) is 5.92 Å². The van der Waals surface area contributed by atoms with Crippen molar-refractivity contribution >= 4 is 0 Å². The summed E-state index contributed by atoms with van der Waals surface area (Å²) in [7, 11) is 0. The normalized spacial score (nSPS) is 11.2. The highest BCUT2D eigenvalue weighted by atomic mass is 16.1. The van der Waals surface area contributed by atoms with Crippen molar-refractivity contribution in [3.05, 3.63) is 46.2 Å². The predicted octanol–water partition coefficient (Wildman–Crippen LogP) is 3.45. The van der Waals surface area contributed by atoms with E-state index in [-0.39, 0.29) is 5.56 Å². The van der Waals surface area contributed by atoms with Gasteiger partial charge in [-0.3, -0.25) is 14.6 Å². The summed E-state index contributed by atoms with van der Waals surface area (Å²) in [6.07, 6.45) is 1.80. The van der Waals surface area contributed by atoms with Gasteiger partial charge in [-0.25, -0.2) is 0 Å². The Kier molecular flexibility index (Phi) is 4.25. The second kappa shape index (κ2) is 5.91. The Morgan fingerprint density at radius 1 is 1.21 bits per heavy atom. The number of hydrogen-bond acceptors (Lipinski definition) is 1. The van der Waals surface area contributed by atoms with Gasteiger partial charge in [-0.15, -0.1) is 0 Å². The van der Waals surface area contributed by atoms with Crippen LogP contribution in [0.15, 0.2) is 35.1 Å². The minimum absolute atomic E-state index is 0.134. The van der Waals surface area contributed by atoms with E-state index >= 15 is 0 Å². The lowest BCUT2D eigenvalue weighted by atomic mass is 10.1. The molecule has 2 aromatic rings. The molecule has 0 atom stereocenters. The Labute approximate surface area is 114 Å². The predicted molar refractivity (Wildman–Crippen MR) is 79.3 cm³/mol. The smallest absolute Gasteiger partial charge is 0.270 e. The van der Waals surface area contributed by atoms with E-state index in [2.05, 4.69) is 25.9 Å². The van der Waals surface area contributed by atoms with Gasteiger partial charge in [-0.05, 0) is 17.9 Å².